The first-order chi connectivity index (χ1) is 15.8. The molecule has 0 radical (unpaired) electrons. The largest absolute Gasteiger partial charge is 0.335 e. The van der Waals surface area contributed by atoms with Crippen molar-refractivity contribution >= 4 is 50.7 Å². The van der Waals surface area contributed by atoms with Gasteiger partial charge in [-0.2, -0.15) is 0 Å². The highest BCUT2D eigenvalue weighted by Gasteiger charge is 2.18. The highest BCUT2D eigenvalue weighted by molar-refractivity contribution is 7.17. The van der Waals surface area contributed by atoms with Crippen LogP contribution in [-0.4, -0.2) is 39.9 Å². The summed E-state index contributed by atoms with van der Waals surface area (Å²) < 4.78 is 14.5. The Morgan fingerprint density at radius 1 is 1.18 bits per heavy atom. The van der Waals surface area contributed by atoms with E-state index in [1.54, 1.807) is 41.8 Å². The van der Waals surface area contributed by atoms with Gasteiger partial charge in [0.05, 0.1) is 29.0 Å². The fourth-order valence-electron chi connectivity index (χ4n) is 3.24. The molecule has 4 aromatic rings. The van der Waals surface area contributed by atoms with Gasteiger partial charge in [-0.05, 0) is 29.8 Å². The standard InChI is InChI=1S/C23H18ClFN4O3S/c1-28(10-19(30)27-18-5-3-2-4-17(18)24)20(31)11-29-13-26-22-21(23(29)32)16(12-33-22)14-6-8-15(25)9-7-14/h2-9,12-13H,10-11H2,1H3,(H,27,30). The molecule has 7 nitrogen and oxygen atoms in total. The lowest BCUT2D eigenvalue weighted by Gasteiger charge is -2.17. The maximum atomic E-state index is 13.3. The van der Waals surface area contributed by atoms with Crippen LogP contribution in [0, 0.1) is 5.82 Å². The van der Waals surface area contributed by atoms with Crippen molar-refractivity contribution < 1.29 is 14.0 Å². The van der Waals surface area contributed by atoms with E-state index < -0.39 is 11.8 Å². The number of para-hydroxylation sites is 1. The van der Waals surface area contributed by atoms with E-state index in [0.717, 1.165) is 0 Å². The first kappa shape index (κ1) is 22.6. The van der Waals surface area contributed by atoms with Crippen LogP contribution in [-0.2, 0) is 16.1 Å². The maximum Gasteiger partial charge on any atom is 0.263 e. The summed E-state index contributed by atoms with van der Waals surface area (Å²) in [5.74, 6) is -1.23. The number of thiophene rings is 1. The van der Waals surface area contributed by atoms with Crippen molar-refractivity contribution in [3.05, 3.63) is 81.4 Å². The first-order valence-electron chi connectivity index (χ1n) is 9.84. The second-order valence-electron chi connectivity index (χ2n) is 7.29. The third-order valence-electron chi connectivity index (χ3n) is 4.98. The Balaban J connectivity index is 1.50. The smallest absolute Gasteiger partial charge is 0.263 e. The quantitative estimate of drug-likeness (QED) is 0.448. The average Bonchev–Trinajstić information content (AvgIpc) is 3.22. The predicted molar refractivity (Wildman–Crippen MR) is 127 cm³/mol. The van der Waals surface area contributed by atoms with Crippen molar-refractivity contribution in [3.8, 4) is 11.1 Å². The van der Waals surface area contributed by atoms with Gasteiger partial charge in [0.1, 0.15) is 17.2 Å². The molecule has 2 heterocycles. The molecule has 0 spiro atoms. The molecular formula is C23H18ClFN4O3S. The number of carbonyl (C=O) groups is 2. The van der Waals surface area contributed by atoms with Crippen molar-refractivity contribution in [2.75, 3.05) is 18.9 Å². The minimum atomic E-state index is -0.439. The number of nitrogens with zero attached hydrogens (tertiary/aromatic N) is 3. The zero-order valence-corrected chi connectivity index (χ0v) is 19.0. The van der Waals surface area contributed by atoms with E-state index >= 15 is 0 Å². The highest BCUT2D eigenvalue weighted by atomic mass is 35.5. The van der Waals surface area contributed by atoms with E-state index in [2.05, 4.69) is 10.3 Å². The lowest BCUT2D eigenvalue weighted by Crippen LogP contribution is -2.38. The molecule has 2 aromatic carbocycles. The molecule has 0 aliphatic carbocycles. The molecular weight excluding hydrogens is 467 g/mol. The molecule has 0 aliphatic rings. The zero-order valence-electron chi connectivity index (χ0n) is 17.4. The monoisotopic (exact) mass is 484 g/mol. The molecule has 10 heteroatoms. The molecule has 4 rings (SSSR count). The van der Waals surface area contributed by atoms with Gasteiger partial charge >= 0.3 is 0 Å². The van der Waals surface area contributed by atoms with E-state index in [1.165, 1.54) is 46.3 Å². The Kier molecular flexibility index (Phi) is 6.52. The fraction of sp³-hybridized carbons (Fsp3) is 0.130. The number of benzene rings is 2. The number of carbonyl (C=O) groups excluding carboxylic acids is 2. The van der Waals surface area contributed by atoms with Gasteiger partial charge in [-0.3, -0.25) is 19.0 Å². The molecule has 0 bridgehead atoms. The highest BCUT2D eigenvalue weighted by Crippen LogP contribution is 2.30. The predicted octanol–water partition coefficient (Wildman–Crippen LogP) is 4.01. The van der Waals surface area contributed by atoms with Gasteiger partial charge in [0.2, 0.25) is 11.8 Å². The van der Waals surface area contributed by atoms with Crippen LogP contribution in [0.5, 0.6) is 0 Å². The number of aromatic nitrogens is 2. The van der Waals surface area contributed by atoms with Gasteiger partial charge in [0, 0.05) is 18.0 Å². The molecule has 1 N–H and O–H groups in total. The second kappa shape index (κ2) is 9.51. The van der Waals surface area contributed by atoms with Crippen LogP contribution >= 0.6 is 22.9 Å². The van der Waals surface area contributed by atoms with Gasteiger partial charge in [-0.15, -0.1) is 11.3 Å². The van der Waals surface area contributed by atoms with Crippen molar-refractivity contribution in [3.63, 3.8) is 0 Å². The minimum Gasteiger partial charge on any atom is -0.335 e. The van der Waals surface area contributed by atoms with E-state index in [0.29, 0.717) is 32.1 Å². The number of anilines is 1. The lowest BCUT2D eigenvalue weighted by molar-refractivity contribution is -0.133. The summed E-state index contributed by atoms with van der Waals surface area (Å²) in [7, 11) is 1.47. The van der Waals surface area contributed by atoms with Crippen LogP contribution in [0.1, 0.15) is 0 Å². The van der Waals surface area contributed by atoms with Crippen LogP contribution in [0.2, 0.25) is 5.02 Å². The summed E-state index contributed by atoms with van der Waals surface area (Å²) >= 11 is 7.33. The number of hydrogen-bond acceptors (Lipinski definition) is 5. The first-order valence-corrected chi connectivity index (χ1v) is 11.1. The Morgan fingerprint density at radius 2 is 1.91 bits per heavy atom. The molecule has 0 aliphatic heterocycles. The Labute approximate surface area is 197 Å². The number of nitrogens with one attached hydrogen (secondary N) is 1. The van der Waals surface area contributed by atoms with Gasteiger partial charge in [-0.1, -0.05) is 35.9 Å². The van der Waals surface area contributed by atoms with E-state index in [9.17, 15) is 18.8 Å². The molecule has 0 fully saturated rings. The van der Waals surface area contributed by atoms with Crippen LogP contribution in [0.15, 0.2) is 65.0 Å². The SMILES string of the molecule is CN(CC(=O)Nc1ccccc1Cl)C(=O)Cn1cnc2scc(-c3ccc(F)cc3)c2c1=O. The minimum absolute atomic E-state index is 0.215. The summed E-state index contributed by atoms with van der Waals surface area (Å²) in [6.45, 7) is -0.496. The number of hydrogen-bond donors (Lipinski definition) is 1. The molecule has 168 valence electrons. The van der Waals surface area contributed by atoms with Crippen molar-refractivity contribution in [2.45, 2.75) is 6.54 Å². The Hall–Kier alpha value is -3.56. The molecule has 0 saturated carbocycles. The molecule has 0 atom stereocenters. The van der Waals surface area contributed by atoms with Crippen molar-refractivity contribution in [2.24, 2.45) is 0 Å². The topological polar surface area (TPSA) is 84.3 Å². The number of halogens is 2. The third-order valence-corrected chi connectivity index (χ3v) is 6.19. The van der Waals surface area contributed by atoms with Gasteiger partial charge in [-0.25, -0.2) is 9.37 Å². The van der Waals surface area contributed by atoms with Crippen LogP contribution in [0.25, 0.3) is 21.3 Å². The molecule has 0 unspecified atom stereocenters. The van der Waals surface area contributed by atoms with E-state index in [1.807, 2.05) is 0 Å². The normalized spacial score (nSPS) is 10.9. The second-order valence-corrected chi connectivity index (χ2v) is 8.56. The molecule has 0 saturated heterocycles. The summed E-state index contributed by atoms with van der Waals surface area (Å²) in [6, 6.07) is 12.6. The van der Waals surface area contributed by atoms with Crippen LogP contribution in [0.4, 0.5) is 10.1 Å². The number of rotatable bonds is 6. The number of likely N-dealkylation sites (N-methyl/N-ethyl adjacent to an activating group) is 1. The van der Waals surface area contributed by atoms with E-state index in [-0.39, 0.29) is 24.5 Å². The molecule has 33 heavy (non-hydrogen) atoms. The zero-order chi connectivity index (χ0) is 23.5. The number of amides is 2. The molecule has 2 aromatic heterocycles. The molecule has 2 amide bonds. The van der Waals surface area contributed by atoms with Crippen LogP contribution in [0.3, 0.4) is 0 Å². The van der Waals surface area contributed by atoms with Gasteiger partial charge < -0.3 is 10.2 Å². The fourth-order valence-corrected chi connectivity index (χ4v) is 4.33. The summed E-state index contributed by atoms with van der Waals surface area (Å²) in [5.41, 5.74) is 1.37. The van der Waals surface area contributed by atoms with Crippen molar-refractivity contribution in [1.29, 1.82) is 0 Å². The number of fused-ring (bicyclic) bond motifs is 1. The van der Waals surface area contributed by atoms with Crippen LogP contribution < -0.4 is 10.9 Å². The summed E-state index contributed by atoms with van der Waals surface area (Å²) in [4.78, 5) is 44.1. The average molecular weight is 485 g/mol. The lowest BCUT2D eigenvalue weighted by atomic mass is 10.1. The van der Waals surface area contributed by atoms with E-state index in [4.69, 9.17) is 11.6 Å². The van der Waals surface area contributed by atoms with Crippen molar-refractivity contribution in [1.82, 2.24) is 14.5 Å². The maximum absolute atomic E-state index is 13.3. The summed E-state index contributed by atoms with van der Waals surface area (Å²) in [5, 5.41) is 5.18. The Bertz CT molecular complexity index is 1400. The summed E-state index contributed by atoms with van der Waals surface area (Å²) in [6.07, 6.45) is 1.31. The van der Waals surface area contributed by atoms with Gasteiger partial charge in [0.15, 0.2) is 0 Å². The third kappa shape index (κ3) is 4.94. The Morgan fingerprint density at radius 3 is 2.64 bits per heavy atom. The van der Waals surface area contributed by atoms with Gasteiger partial charge in [0.25, 0.3) is 5.56 Å².